The summed E-state index contributed by atoms with van der Waals surface area (Å²) in [6.07, 6.45) is 1.89. The summed E-state index contributed by atoms with van der Waals surface area (Å²) in [6.45, 7) is 6.47. The number of hydrogen-bond donors (Lipinski definition) is 0. The summed E-state index contributed by atoms with van der Waals surface area (Å²) in [4.78, 5) is 13.3. The molecule has 0 aromatic rings. The number of carbonyl (C=O) groups excluding carboxylic acids is 1. The molecule has 0 rings (SSSR count). The maximum absolute atomic E-state index is 9.97. The molecule has 0 amide bonds. The van der Waals surface area contributed by atoms with E-state index in [0.29, 0.717) is 6.29 Å². The maximum Gasteiger partial charge on any atom is 0.168 e. The van der Waals surface area contributed by atoms with Gasteiger partial charge in [0.05, 0.1) is 0 Å². The van der Waals surface area contributed by atoms with E-state index in [-0.39, 0.29) is 10.7 Å². The third-order valence-electron chi connectivity index (χ3n) is 0.608. The van der Waals surface area contributed by atoms with Crippen LogP contribution in [0.3, 0.4) is 0 Å². The van der Waals surface area contributed by atoms with E-state index in [0.717, 1.165) is 0 Å². The predicted molar refractivity (Wildman–Crippen MR) is 38.7 cm³/mol. The Morgan fingerprint density at radius 3 is 2.33 bits per heavy atom. The lowest BCUT2D eigenvalue weighted by atomic mass is 10.4. The summed E-state index contributed by atoms with van der Waals surface area (Å²) in [7, 11) is 0. The second kappa shape index (κ2) is 4.04. The Morgan fingerprint density at radius 2 is 2.22 bits per heavy atom. The molecule has 0 bridgehead atoms. The van der Waals surface area contributed by atoms with Crippen molar-refractivity contribution in [2.45, 2.75) is 0 Å². The highest BCUT2D eigenvalue weighted by Crippen LogP contribution is 2.02. The molecule has 0 heterocycles. The highest BCUT2D eigenvalue weighted by Gasteiger charge is 1.87. The number of halogens is 1. The molecule has 0 spiro atoms. The van der Waals surface area contributed by atoms with E-state index in [1.165, 1.54) is 6.08 Å². The molecule has 2 nitrogen and oxygen atoms in total. The van der Waals surface area contributed by atoms with Gasteiger partial charge in [-0.1, -0.05) is 18.2 Å². The third kappa shape index (κ3) is 3.67. The van der Waals surface area contributed by atoms with Gasteiger partial charge in [0.2, 0.25) is 0 Å². The molecular weight excluding hydrogens is 138 g/mol. The first-order valence-electron chi connectivity index (χ1n) is 2.18. The zero-order chi connectivity index (χ0) is 7.28. The minimum Gasteiger partial charge on any atom is -0.296 e. The summed E-state index contributed by atoms with van der Waals surface area (Å²) in [5.41, 5.74) is 0.190. The van der Waals surface area contributed by atoms with Gasteiger partial charge in [0.15, 0.2) is 6.29 Å². The molecule has 3 heteroatoms. The normalized spacial score (nSPS) is 10.6. The molecule has 0 fully saturated rings. The van der Waals surface area contributed by atoms with Crippen LogP contribution in [0.1, 0.15) is 0 Å². The summed E-state index contributed by atoms with van der Waals surface area (Å²) in [5, 5.41) is 0.268. The van der Waals surface area contributed by atoms with Crippen LogP contribution in [0.25, 0.3) is 0 Å². The van der Waals surface area contributed by atoms with Crippen LogP contribution in [-0.2, 0) is 4.79 Å². The molecule has 48 valence electrons. The number of carbonyl (C=O) groups is 1. The molecule has 0 aromatic carbocycles. The number of aldehydes is 1. The predicted octanol–water partition coefficient (Wildman–Crippen LogP) is 1.52. The number of hydrogen-bond acceptors (Lipinski definition) is 2. The van der Waals surface area contributed by atoms with E-state index in [9.17, 15) is 4.79 Å². The Bertz CT molecular complexity index is 162. The summed E-state index contributed by atoms with van der Waals surface area (Å²) in [5.74, 6) is 0. The molecule has 0 saturated carbocycles. The Labute approximate surface area is 58.5 Å². The van der Waals surface area contributed by atoms with Crippen LogP contribution in [0, 0.1) is 0 Å². The summed E-state index contributed by atoms with van der Waals surface area (Å²) < 4.78 is 0. The van der Waals surface area contributed by atoms with Crippen molar-refractivity contribution in [1.82, 2.24) is 0 Å². The van der Waals surface area contributed by atoms with E-state index >= 15 is 0 Å². The van der Waals surface area contributed by atoms with Crippen LogP contribution in [-0.4, -0.2) is 13.0 Å². The summed E-state index contributed by atoms with van der Waals surface area (Å²) >= 11 is 5.31. The van der Waals surface area contributed by atoms with Crippen molar-refractivity contribution >= 4 is 24.6 Å². The van der Waals surface area contributed by atoms with Crippen LogP contribution in [0.15, 0.2) is 28.4 Å². The van der Waals surface area contributed by atoms with Gasteiger partial charge in [-0.25, -0.2) is 0 Å². The van der Waals surface area contributed by atoms with E-state index in [2.05, 4.69) is 18.3 Å². The lowest BCUT2D eigenvalue weighted by Crippen LogP contribution is -1.76. The second-order valence-corrected chi connectivity index (χ2v) is 1.78. The molecular formula is C6H6ClNO. The van der Waals surface area contributed by atoms with Gasteiger partial charge in [0, 0.05) is 5.03 Å². The molecule has 0 saturated heterocycles. The lowest BCUT2D eigenvalue weighted by Gasteiger charge is -1.84. The van der Waals surface area contributed by atoms with E-state index in [1.807, 2.05) is 0 Å². The average Bonchev–Trinajstić information content (AvgIpc) is 1.82. The monoisotopic (exact) mass is 143 g/mol. The van der Waals surface area contributed by atoms with E-state index in [4.69, 9.17) is 11.6 Å². The third-order valence-corrected chi connectivity index (χ3v) is 0.717. The Balaban J connectivity index is 4.24. The van der Waals surface area contributed by atoms with Gasteiger partial charge in [-0.05, 0) is 12.8 Å². The fourth-order valence-electron chi connectivity index (χ4n) is 0.277. The number of rotatable bonds is 3. The largest absolute Gasteiger partial charge is 0.296 e. The lowest BCUT2D eigenvalue weighted by molar-refractivity contribution is -0.104. The van der Waals surface area contributed by atoms with Gasteiger partial charge >= 0.3 is 0 Å². The van der Waals surface area contributed by atoms with Crippen molar-refractivity contribution in [1.29, 1.82) is 0 Å². The average molecular weight is 144 g/mol. The minimum absolute atomic E-state index is 0.190. The van der Waals surface area contributed by atoms with Crippen LogP contribution in [0.4, 0.5) is 0 Å². The van der Waals surface area contributed by atoms with Gasteiger partial charge < -0.3 is 0 Å². The van der Waals surface area contributed by atoms with Crippen LogP contribution < -0.4 is 0 Å². The molecule has 0 radical (unpaired) electrons. The van der Waals surface area contributed by atoms with Gasteiger partial charge in [0.1, 0.15) is 5.70 Å². The fraction of sp³-hybridized carbons (Fsp3) is 0. The zero-order valence-electron chi connectivity index (χ0n) is 4.80. The molecule has 0 N–H and O–H groups in total. The molecule has 0 aliphatic heterocycles. The smallest absolute Gasteiger partial charge is 0.168 e. The standard InChI is InChI=1S/C6H6ClNO/c1-5(7)3-6(4-9)8-2/h3-4H,1-2H2/b6-3-. The van der Waals surface area contributed by atoms with Gasteiger partial charge in [-0.3, -0.25) is 9.79 Å². The van der Waals surface area contributed by atoms with Crippen LogP contribution in [0.5, 0.6) is 0 Å². The van der Waals surface area contributed by atoms with Gasteiger partial charge in [-0.2, -0.15) is 0 Å². The second-order valence-electron chi connectivity index (χ2n) is 1.29. The molecule has 0 atom stereocenters. The fourth-order valence-corrected chi connectivity index (χ4v) is 0.389. The van der Waals surface area contributed by atoms with Crippen molar-refractivity contribution < 1.29 is 4.79 Å². The maximum atomic E-state index is 9.97. The molecule has 0 unspecified atom stereocenters. The van der Waals surface area contributed by atoms with Crippen molar-refractivity contribution in [3.8, 4) is 0 Å². The van der Waals surface area contributed by atoms with Crippen molar-refractivity contribution in [2.75, 3.05) is 0 Å². The van der Waals surface area contributed by atoms with E-state index in [1.54, 1.807) is 0 Å². The van der Waals surface area contributed by atoms with Gasteiger partial charge in [0.25, 0.3) is 0 Å². The molecule has 0 aliphatic rings. The first-order chi connectivity index (χ1) is 4.20. The molecule has 0 aliphatic carbocycles. The SMILES string of the molecule is C=N/C(C=O)=C\C(=C)Cl. The van der Waals surface area contributed by atoms with Gasteiger partial charge in [-0.15, -0.1) is 0 Å². The first kappa shape index (κ1) is 8.11. The molecule has 9 heavy (non-hydrogen) atoms. The van der Waals surface area contributed by atoms with Crippen molar-refractivity contribution in [3.05, 3.63) is 23.4 Å². The first-order valence-corrected chi connectivity index (χ1v) is 2.56. The van der Waals surface area contributed by atoms with Crippen molar-refractivity contribution in [2.24, 2.45) is 4.99 Å². The quantitative estimate of drug-likeness (QED) is 0.255. The van der Waals surface area contributed by atoms with E-state index < -0.39 is 0 Å². The Kier molecular flexibility index (Phi) is 3.64. The topological polar surface area (TPSA) is 29.4 Å². The highest BCUT2D eigenvalue weighted by atomic mass is 35.5. The Morgan fingerprint density at radius 1 is 1.67 bits per heavy atom. The number of allylic oxidation sites excluding steroid dienone is 3. The number of aliphatic imine (C=N–C) groups is 1. The van der Waals surface area contributed by atoms with Crippen molar-refractivity contribution in [3.63, 3.8) is 0 Å². The zero-order valence-corrected chi connectivity index (χ0v) is 5.56. The Hall–Kier alpha value is -0.890. The molecule has 0 aromatic heterocycles. The minimum atomic E-state index is 0.190. The number of nitrogens with zero attached hydrogens (tertiary/aromatic N) is 1. The van der Waals surface area contributed by atoms with Crippen LogP contribution in [0.2, 0.25) is 0 Å². The highest BCUT2D eigenvalue weighted by molar-refractivity contribution is 6.31. The van der Waals surface area contributed by atoms with Crippen LogP contribution >= 0.6 is 11.6 Å². The summed E-state index contributed by atoms with van der Waals surface area (Å²) in [6, 6.07) is 0.